The lowest BCUT2D eigenvalue weighted by Crippen LogP contribution is -2.28. The van der Waals surface area contributed by atoms with Crippen LogP contribution in [0.4, 0.5) is 10.1 Å². The minimum Gasteiger partial charge on any atom is -0.321 e. The van der Waals surface area contributed by atoms with Crippen LogP contribution in [0.2, 0.25) is 5.02 Å². The maximum atomic E-state index is 13.9. The van der Waals surface area contributed by atoms with Crippen molar-refractivity contribution < 1.29 is 17.6 Å². The van der Waals surface area contributed by atoms with Crippen LogP contribution in [-0.2, 0) is 10.0 Å². The zero-order chi connectivity index (χ0) is 21.3. The lowest BCUT2D eigenvalue weighted by molar-refractivity contribution is 0.102. The Labute approximate surface area is 178 Å². The van der Waals surface area contributed by atoms with E-state index in [2.05, 4.69) is 10.4 Å². The molecular formula is C20H18ClFN4O3S. The molecule has 0 saturated carbocycles. The summed E-state index contributed by atoms with van der Waals surface area (Å²) in [7, 11) is -3.74. The predicted octanol–water partition coefficient (Wildman–Crippen LogP) is 3.70. The topological polar surface area (TPSA) is 84.3 Å². The number of para-hydroxylation sites is 1. The van der Waals surface area contributed by atoms with E-state index in [9.17, 15) is 17.6 Å². The van der Waals surface area contributed by atoms with Gasteiger partial charge in [-0.15, -0.1) is 0 Å². The molecule has 0 aliphatic carbocycles. The average molecular weight is 449 g/mol. The van der Waals surface area contributed by atoms with Crippen LogP contribution in [-0.4, -0.2) is 41.5 Å². The second kappa shape index (κ2) is 8.17. The van der Waals surface area contributed by atoms with E-state index in [-0.39, 0.29) is 27.0 Å². The van der Waals surface area contributed by atoms with Crippen molar-refractivity contribution in [3.8, 4) is 5.69 Å². The first-order valence-electron chi connectivity index (χ1n) is 9.28. The largest absolute Gasteiger partial charge is 0.321 e. The van der Waals surface area contributed by atoms with E-state index < -0.39 is 21.7 Å². The summed E-state index contributed by atoms with van der Waals surface area (Å²) < 4.78 is 42.2. The van der Waals surface area contributed by atoms with Gasteiger partial charge in [-0.2, -0.15) is 9.40 Å². The molecule has 2 aromatic carbocycles. The van der Waals surface area contributed by atoms with Gasteiger partial charge in [0.1, 0.15) is 16.4 Å². The first-order chi connectivity index (χ1) is 14.4. The fourth-order valence-electron chi connectivity index (χ4n) is 3.26. The minimum absolute atomic E-state index is 0.0529. The van der Waals surface area contributed by atoms with E-state index >= 15 is 0 Å². The number of rotatable bonds is 5. The zero-order valence-electron chi connectivity index (χ0n) is 15.8. The molecule has 0 radical (unpaired) electrons. The molecule has 1 aliphatic heterocycles. The number of benzene rings is 2. The molecule has 30 heavy (non-hydrogen) atoms. The first-order valence-corrected chi connectivity index (χ1v) is 11.1. The van der Waals surface area contributed by atoms with E-state index in [1.165, 1.54) is 45.5 Å². The van der Waals surface area contributed by atoms with Gasteiger partial charge in [-0.05, 0) is 49.2 Å². The number of halogens is 2. The Kier molecular flexibility index (Phi) is 5.59. The van der Waals surface area contributed by atoms with E-state index in [0.29, 0.717) is 13.1 Å². The van der Waals surface area contributed by atoms with E-state index in [0.717, 1.165) is 12.8 Å². The molecule has 0 unspecified atom stereocenters. The molecule has 1 saturated heterocycles. The lowest BCUT2D eigenvalue weighted by atomic mass is 10.3. The summed E-state index contributed by atoms with van der Waals surface area (Å²) in [5.41, 5.74) is 0.529. The van der Waals surface area contributed by atoms with Crippen molar-refractivity contribution in [2.75, 3.05) is 18.4 Å². The molecule has 1 aromatic heterocycles. The Balaban J connectivity index is 1.57. The van der Waals surface area contributed by atoms with Crippen LogP contribution < -0.4 is 5.32 Å². The Morgan fingerprint density at radius 3 is 2.57 bits per heavy atom. The molecule has 1 amide bonds. The number of carbonyl (C=O) groups is 1. The predicted molar refractivity (Wildman–Crippen MR) is 111 cm³/mol. The second-order valence-corrected chi connectivity index (χ2v) is 9.12. The normalized spacial score (nSPS) is 14.7. The highest BCUT2D eigenvalue weighted by Crippen LogP contribution is 2.29. The van der Waals surface area contributed by atoms with Crippen molar-refractivity contribution in [2.45, 2.75) is 17.7 Å². The van der Waals surface area contributed by atoms with Gasteiger partial charge in [-0.25, -0.2) is 17.5 Å². The third-order valence-corrected chi connectivity index (χ3v) is 7.17. The smallest absolute Gasteiger partial charge is 0.276 e. The number of carbonyl (C=O) groups excluding carboxylic acids is 1. The van der Waals surface area contributed by atoms with Gasteiger partial charge >= 0.3 is 0 Å². The number of hydrogen-bond acceptors (Lipinski definition) is 4. The lowest BCUT2D eigenvalue weighted by Gasteiger charge is -2.17. The third-order valence-electron chi connectivity index (χ3n) is 4.79. The maximum absolute atomic E-state index is 13.9. The Hall–Kier alpha value is -2.75. The van der Waals surface area contributed by atoms with Gasteiger partial charge in [0.2, 0.25) is 10.0 Å². The SMILES string of the molecule is O=C(Nc1ccc(Cl)c(S(=O)(=O)N2CCCC2)c1)c1ccn(-c2ccccc2F)n1. The molecule has 1 fully saturated rings. The van der Waals surface area contributed by atoms with Gasteiger partial charge in [0.05, 0.1) is 5.02 Å². The number of aromatic nitrogens is 2. The Bertz CT molecular complexity index is 1210. The molecule has 2 heterocycles. The van der Waals surface area contributed by atoms with Crippen molar-refractivity contribution in [1.82, 2.24) is 14.1 Å². The molecule has 7 nitrogen and oxygen atoms in total. The standard InChI is InChI=1S/C20H18ClFN4O3S/c21-15-8-7-14(13-19(15)30(28,29)25-10-3-4-11-25)23-20(27)17-9-12-26(24-17)18-6-2-1-5-16(18)22/h1-2,5-9,12-13H,3-4,10-11H2,(H,23,27). The molecule has 0 bridgehead atoms. The number of nitrogens with zero attached hydrogens (tertiary/aromatic N) is 3. The number of anilines is 1. The van der Waals surface area contributed by atoms with Crippen molar-refractivity contribution >= 4 is 33.2 Å². The molecule has 1 aliphatic rings. The fraction of sp³-hybridized carbons (Fsp3) is 0.200. The van der Waals surface area contributed by atoms with E-state index in [4.69, 9.17) is 11.6 Å². The third kappa shape index (κ3) is 3.96. The summed E-state index contributed by atoms with van der Waals surface area (Å²) >= 11 is 6.13. The molecule has 0 atom stereocenters. The highest BCUT2D eigenvalue weighted by atomic mass is 35.5. The second-order valence-electron chi connectivity index (χ2n) is 6.81. The molecule has 1 N–H and O–H groups in total. The van der Waals surface area contributed by atoms with E-state index in [1.807, 2.05) is 0 Å². The van der Waals surface area contributed by atoms with Gasteiger partial charge in [-0.3, -0.25) is 4.79 Å². The molecule has 10 heteroatoms. The molecule has 4 rings (SSSR count). The van der Waals surface area contributed by atoms with Crippen LogP contribution in [0.5, 0.6) is 0 Å². The van der Waals surface area contributed by atoms with Crippen LogP contribution in [0.15, 0.2) is 59.6 Å². The minimum atomic E-state index is -3.74. The number of amides is 1. The monoisotopic (exact) mass is 448 g/mol. The van der Waals surface area contributed by atoms with Crippen LogP contribution in [0.3, 0.4) is 0 Å². The Morgan fingerprint density at radius 2 is 1.83 bits per heavy atom. The van der Waals surface area contributed by atoms with Gasteiger partial charge in [0.15, 0.2) is 5.69 Å². The van der Waals surface area contributed by atoms with Crippen LogP contribution in [0.25, 0.3) is 5.69 Å². The molecule has 156 valence electrons. The van der Waals surface area contributed by atoms with Crippen LogP contribution in [0, 0.1) is 5.82 Å². The van der Waals surface area contributed by atoms with Crippen molar-refractivity contribution in [1.29, 1.82) is 0 Å². The van der Waals surface area contributed by atoms with E-state index in [1.54, 1.807) is 18.2 Å². The summed E-state index contributed by atoms with van der Waals surface area (Å²) in [6.07, 6.45) is 3.08. The Morgan fingerprint density at radius 1 is 1.10 bits per heavy atom. The summed E-state index contributed by atoms with van der Waals surface area (Å²) in [4.78, 5) is 12.5. The number of nitrogens with one attached hydrogen (secondary N) is 1. The van der Waals surface area contributed by atoms with Crippen molar-refractivity contribution in [3.63, 3.8) is 0 Å². The summed E-state index contributed by atoms with van der Waals surface area (Å²) in [5, 5.41) is 6.81. The summed E-state index contributed by atoms with van der Waals surface area (Å²) in [5.74, 6) is -1.03. The first kappa shape index (κ1) is 20.5. The average Bonchev–Trinajstić information content (AvgIpc) is 3.42. The van der Waals surface area contributed by atoms with Crippen LogP contribution >= 0.6 is 11.6 Å². The quantitative estimate of drug-likeness (QED) is 0.645. The van der Waals surface area contributed by atoms with Gasteiger partial charge in [0.25, 0.3) is 5.91 Å². The summed E-state index contributed by atoms with van der Waals surface area (Å²) in [6, 6.07) is 11.8. The van der Waals surface area contributed by atoms with Gasteiger partial charge in [0, 0.05) is 25.0 Å². The zero-order valence-corrected chi connectivity index (χ0v) is 17.3. The number of sulfonamides is 1. The highest BCUT2D eigenvalue weighted by Gasteiger charge is 2.29. The van der Waals surface area contributed by atoms with Gasteiger partial charge in [-0.1, -0.05) is 23.7 Å². The van der Waals surface area contributed by atoms with Crippen molar-refractivity contribution in [3.05, 3.63) is 71.3 Å². The molecule has 0 spiro atoms. The van der Waals surface area contributed by atoms with Crippen LogP contribution in [0.1, 0.15) is 23.3 Å². The molecular weight excluding hydrogens is 431 g/mol. The maximum Gasteiger partial charge on any atom is 0.276 e. The summed E-state index contributed by atoms with van der Waals surface area (Å²) in [6.45, 7) is 0.894. The highest BCUT2D eigenvalue weighted by molar-refractivity contribution is 7.89. The molecule has 3 aromatic rings. The fourth-order valence-corrected chi connectivity index (χ4v) is 5.28. The van der Waals surface area contributed by atoms with Gasteiger partial charge < -0.3 is 5.32 Å². The number of hydrogen-bond donors (Lipinski definition) is 1. The van der Waals surface area contributed by atoms with Crippen molar-refractivity contribution in [2.24, 2.45) is 0 Å².